The van der Waals surface area contributed by atoms with Gasteiger partial charge in [0.05, 0.1) is 22.9 Å². The van der Waals surface area contributed by atoms with E-state index in [9.17, 15) is 4.79 Å². The molecule has 1 amide bonds. The Balaban J connectivity index is 1.87. The molecule has 130 valence electrons. The van der Waals surface area contributed by atoms with E-state index < -0.39 is 0 Å². The largest absolute Gasteiger partial charge is 0.463 e. The predicted octanol–water partition coefficient (Wildman–Crippen LogP) is 3.41. The van der Waals surface area contributed by atoms with Crippen molar-refractivity contribution in [2.24, 2.45) is 13.0 Å². The van der Waals surface area contributed by atoms with Gasteiger partial charge in [0.25, 0.3) is 5.91 Å². The molecule has 0 spiro atoms. The summed E-state index contributed by atoms with van der Waals surface area (Å²) in [5.74, 6) is 1.25. The third-order valence-corrected chi connectivity index (χ3v) is 4.92. The second-order valence-corrected chi connectivity index (χ2v) is 6.94. The maximum atomic E-state index is 13.3. The van der Waals surface area contributed by atoms with Crippen molar-refractivity contribution in [3.63, 3.8) is 0 Å². The van der Waals surface area contributed by atoms with Crippen molar-refractivity contribution in [1.82, 2.24) is 19.7 Å². The monoisotopic (exact) mass is 338 g/mol. The number of carbonyl (C=O) groups excluding carboxylic acids is 1. The van der Waals surface area contributed by atoms with E-state index >= 15 is 0 Å². The van der Waals surface area contributed by atoms with Gasteiger partial charge in [-0.05, 0) is 43.9 Å². The number of pyridine rings is 1. The Hall–Kier alpha value is -2.63. The second kappa shape index (κ2) is 6.02. The summed E-state index contributed by atoms with van der Waals surface area (Å²) in [7, 11) is 1.85. The lowest BCUT2D eigenvalue weighted by Gasteiger charge is -2.31. The van der Waals surface area contributed by atoms with E-state index in [1.807, 2.05) is 37.1 Å². The van der Waals surface area contributed by atoms with Gasteiger partial charge in [-0.3, -0.25) is 9.48 Å². The third-order valence-electron chi connectivity index (χ3n) is 4.92. The number of amides is 1. The number of aryl methyl sites for hydroxylation is 2. The van der Waals surface area contributed by atoms with Crippen molar-refractivity contribution in [2.75, 3.05) is 13.1 Å². The van der Waals surface area contributed by atoms with E-state index in [2.05, 4.69) is 17.0 Å². The fraction of sp³-hybridized carbons (Fsp3) is 0.421. The topological polar surface area (TPSA) is 64.2 Å². The van der Waals surface area contributed by atoms with Crippen molar-refractivity contribution in [3.05, 3.63) is 35.7 Å². The van der Waals surface area contributed by atoms with Gasteiger partial charge in [-0.25, -0.2) is 4.98 Å². The summed E-state index contributed by atoms with van der Waals surface area (Å²) in [5.41, 5.74) is 2.86. The van der Waals surface area contributed by atoms with Crippen LogP contribution in [-0.2, 0) is 7.05 Å². The predicted molar refractivity (Wildman–Crippen MR) is 95.2 cm³/mol. The van der Waals surface area contributed by atoms with E-state index in [0.717, 1.165) is 30.6 Å². The molecule has 0 saturated carbocycles. The van der Waals surface area contributed by atoms with Gasteiger partial charge in [-0.2, -0.15) is 5.10 Å². The average molecular weight is 338 g/mol. The van der Waals surface area contributed by atoms with E-state index in [-0.39, 0.29) is 5.91 Å². The lowest BCUT2D eigenvalue weighted by Crippen LogP contribution is -2.39. The van der Waals surface area contributed by atoms with Crippen LogP contribution in [0, 0.1) is 12.8 Å². The van der Waals surface area contributed by atoms with Crippen LogP contribution >= 0.6 is 0 Å². The van der Waals surface area contributed by atoms with Crippen LogP contribution in [0.25, 0.3) is 22.5 Å². The maximum Gasteiger partial charge on any atom is 0.254 e. The van der Waals surface area contributed by atoms with Gasteiger partial charge in [0.15, 0.2) is 11.4 Å². The van der Waals surface area contributed by atoms with Gasteiger partial charge in [-0.1, -0.05) is 6.92 Å². The Kier molecular flexibility index (Phi) is 3.82. The summed E-state index contributed by atoms with van der Waals surface area (Å²) < 4.78 is 7.22. The molecule has 6 nitrogen and oxygen atoms in total. The number of piperidine rings is 1. The number of rotatable bonds is 2. The van der Waals surface area contributed by atoms with Crippen LogP contribution in [0.1, 0.15) is 35.8 Å². The van der Waals surface area contributed by atoms with Crippen LogP contribution in [0.3, 0.4) is 0 Å². The summed E-state index contributed by atoms with van der Waals surface area (Å²) in [6.45, 7) is 5.73. The standard InChI is InChI=1S/C19H22N4O2/c1-12-6-4-8-23(11-12)19(24)14-10-15(16-7-5-9-25-16)20-18-17(14)13(2)21-22(18)3/h5,7,9-10,12H,4,6,8,11H2,1-3H3/t12-/m0/s1. The van der Waals surface area contributed by atoms with Crippen LogP contribution in [0.5, 0.6) is 0 Å². The zero-order valence-electron chi connectivity index (χ0n) is 14.8. The molecule has 3 aromatic heterocycles. The van der Waals surface area contributed by atoms with Crippen LogP contribution in [0.2, 0.25) is 0 Å². The molecule has 3 aromatic rings. The summed E-state index contributed by atoms with van der Waals surface area (Å²) in [6, 6.07) is 5.52. The fourth-order valence-corrected chi connectivity index (χ4v) is 3.71. The Morgan fingerprint density at radius 3 is 2.96 bits per heavy atom. The minimum Gasteiger partial charge on any atom is -0.463 e. The first-order chi connectivity index (χ1) is 12.0. The van der Waals surface area contributed by atoms with Gasteiger partial charge >= 0.3 is 0 Å². The van der Waals surface area contributed by atoms with Gasteiger partial charge in [0, 0.05) is 20.1 Å². The van der Waals surface area contributed by atoms with E-state index in [1.54, 1.807) is 10.9 Å². The summed E-state index contributed by atoms with van der Waals surface area (Å²) in [4.78, 5) is 19.9. The average Bonchev–Trinajstić information content (AvgIpc) is 3.23. The normalized spacial score (nSPS) is 18.0. The van der Waals surface area contributed by atoms with Crippen LogP contribution < -0.4 is 0 Å². The van der Waals surface area contributed by atoms with Gasteiger partial charge < -0.3 is 9.32 Å². The van der Waals surface area contributed by atoms with E-state index in [4.69, 9.17) is 4.42 Å². The molecule has 0 radical (unpaired) electrons. The SMILES string of the molecule is Cc1nn(C)c2nc(-c3ccco3)cc(C(=O)N3CCC[C@H](C)C3)c12. The van der Waals surface area contributed by atoms with Crippen LogP contribution in [0.4, 0.5) is 0 Å². The number of fused-ring (bicyclic) bond motifs is 1. The Morgan fingerprint density at radius 2 is 2.24 bits per heavy atom. The maximum absolute atomic E-state index is 13.3. The van der Waals surface area contributed by atoms with Crippen LogP contribution in [-0.4, -0.2) is 38.7 Å². The molecule has 6 heteroatoms. The minimum absolute atomic E-state index is 0.0582. The summed E-state index contributed by atoms with van der Waals surface area (Å²) >= 11 is 0. The van der Waals surface area contributed by atoms with E-state index in [0.29, 0.717) is 28.6 Å². The van der Waals surface area contributed by atoms with Crippen molar-refractivity contribution in [3.8, 4) is 11.5 Å². The molecule has 0 N–H and O–H groups in total. The third kappa shape index (κ3) is 2.71. The number of likely N-dealkylation sites (tertiary alicyclic amines) is 1. The number of carbonyl (C=O) groups is 1. The first-order valence-corrected chi connectivity index (χ1v) is 8.72. The molecule has 0 bridgehead atoms. The van der Waals surface area contributed by atoms with E-state index in [1.165, 1.54) is 6.42 Å². The van der Waals surface area contributed by atoms with Crippen molar-refractivity contribution in [2.45, 2.75) is 26.7 Å². The highest BCUT2D eigenvalue weighted by molar-refractivity contribution is 6.07. The molecule has 1 aliphatic rings. The first kappa shape index (κ1) is 15.9. The molecule has 4 rings (SSSR count). The molecule has 0 unspecified atom stereocenters. The summed E-state index contributed by atoms with van der Waals surface area (Å²) in [6.07, 6.45) is 3.85. The molecular formula is C19H22N4O2. The fourth-order valence-electron chi connectivity index (χ4n) is 3.71. The molecular weight excluding hydrogens is 316 g/mol. The van der Waals surface area contributed by atoms with Crippen LogP contribution in [0.15, 0.2) is 28.9 Å². The molecule has 25 heavy (non-hydrogen) atoms. The molecule has 0 aromatic carbocycles. The van der Waals surface area contributed by atoms with Gasteiger partial charge in [-0.15, -0.1) is 0 Å². The highest BCUT2D eigenvalue weighted by Crippen LogP contribution is 2.29. The first-order valence-electron chi connectivity index (χ1n) is 8.72. The Bertz CT molecular complexity index is 927. The van der Waals surface area contributed by atoms with Gasteiger partial charge in [0.1, 0.15) is 5.69 Å². The zero-order valence-corrected chi connectivity index (χ0v) is 14.8. The zero-order chi connectivity index (χ0) is 17.6. The quantitative estimate of drug-likeness (QED) is 0.718. The smallest absolute Gasteiger partial charge is 0.254 e. The number of furan rings is 1. The number of nitrogens with zero attached hydrogens (tertiary/aromatic N) is 4. The van der Waals surface area contributed by atoms with Crippen molar-refractivity contribution in [1.29, 1.82) is 0 Å². The highest BCUT2D eigenvalue weighted by atomic mass is 16.3. The number of hydrogen-bond acceptors (Lipinski definition) is 4. The van der Waals surface area contributed by atoms with Crippen molar-refractivity contribution >= 4 is 16.9 Å². The highest BCUT2D eigenvalue weighted by Gasteiger charge is 2.26. The minimum atomic E-state index is 0.0582. The van der Waals surface area contributed by atoms with Gasteiger partial charge in [0.2, 0.25) is 0 Å². The number of hydrogen-bond donors (Lipinski definition) is 0. The second-order valence-electron chi connectivity index (χ2n) is 6.94. The molecule has 0 aliphatic carbocycles. The van der Waals surface area contributed by atoms with Crippen molar-refractivity contribution < 1.29 is 9.21 Å². The summed E-state index contributed by atoms with van der Waals surface area (Å²) in [5, 5.41) is 5.30. The molecule has 1 fully saturated rings. The lowest BCUT2D eigenvalue weighted by molar-refractivity contribution is 0.0685. The number of aromatic nitrogens is 3. The molecule has 1 aliphatic heterocycles. The lowest BCUT2D eigenvalue weighted by atomic mass is 9.98. The molecule has 1 saturated heterocycles. The molecule has 4 heterocycles. The molecule has 1 atom stereocenters. The Labute approximate surface area is 146 Å². The Morgan fingerprint density at radius 1 is 1.40 bits per heavy atom.